The fraction of sp³-hybridized carbons (Fsp3) is 0.500. The van der Waals surface area contributed by atoms with Crippen molar-refractivity contribution in [2.24, 2.45) is 5.41 Å². The number of hydrogen-bond donors (Lipinski definition) is 1. The Morgan fingerprint density at radius 1 is 1.34 bits per heavy atom. The van der Waals surface area contributed by atoms with Gasteiger partial charge >= 0.3 is 0 Å². The van der Waals surface area contributed by atoms with Crippen LogP contribution >= 0.6 is 0 Å². The number of benzene rings is 1. The highest BCUT2D eigenvalue weighted by atomic mass is 19.1. The number of aryl methyl sites for hydroxylation is 1. The summed E-state index contributed by atoms with van der Waals surface area (Å²) in [5.74, 6) is 0.662. The number of allylic oxidation sites excluding steroid dienone is 1. The molecule has 1 fully saturated rings. The second-order valence-electron chi connectivity index (χ2n) is 8.12. The van der Waals surface area contributed by atoms with Gasteiger partial charge < -0.3 is 5.32 Å². The van der Waals surface area contributed by atoms with Crippen molar-refractivity contribution < 1.29 is 9.18 Å². The van der Waals surface area contributed by atoms with Gasteiger partial charge in [0.25, 0.3) is 0 Å². The number of halogens is 1. The molecule has 1 atom stereocenters. The summed E-state index contributed by atoms with van der Waals surface area (Å²) in [4.78, 5) is 19.8. The molecule has 0 saturated carbocycles. The standard InChI is InChI=1S/C22H28FN5O/c1-2-28-20(24-16-25-28)13-27-14-22(15-27,12-17-8-6-7-11-19(17)23)21(29)26-18-9-4-3-5-10-18/h4,6-9,11,16,18H,2-3,5,10,12-15H2,1H3,(H,26,29). The molecule has 7 heteroatoms. The predicted octanol–water partition coefficient (Wildman–Crippen LogP) is 2.71. The molecule has 1 aliphatic heterocycles. The van der Waals surface area contributed by atoms with E-state index in [0.717, 1.165) is 31.6 Å². The summed E-state index contributed by atoms with van der Waals surface area (Å²) in [5, 5.41) is 7.41. The highest BCUT2D eigenvalue weighted by Crippen LogP contribution is 2.36. The topological polar surface area (TPSA) is 63.1 Å². The zero-order valence-corrected chi connectivity index (χ0v) is 16.9. The van der Waals surface area contributed by atoms with Crippen molar-refractivity contribution in [3.05, 3.63) is 59.9 Å². The van der Waals surface area contributed by atoms with Crippen molar-refractivity contribution in [2.45, 2.75) is 51.7 Å². The van der Waals surface area contributed by atoms with Crippen LogP contribution < -0.4 is 5.32 Å². The van der Waals surface area contributed by atoms with Crippen LogP contribution in [0.2, 0.25) is 0 Å². The Balaban J connectivity index is 1.49. The molecule has 154 valence electrons. The Morgan fingerprint density at radius 2 is 2.17 bits per heavy atom. The van der Waals surface area contributed by atoms with E-state index in [1.165, 1.54) is 6.07 Å². The maximum atomic E-state index is 14.3. The second kappa shape index (κ2) is 8.45. The average Bonchev–Trinajstić information content (AvgIpc) is 3.15. The quantitative estimate of drug-likeness (QED) is 0.730. The van der Waals surface area contributed by atoms with E-state index in [1.807, 2.05) is 17.7 Å². The summed E-state index contributed by atoms with van der Waals surface area (Å²) in [6, 6.07) is 6.83. The molecule has 0 spiro atoms. The van der Waals surface area contributed by atoms with E-state index < -0.39 is 5.41 Å². The zero-order chi connectivity index (χ0) is 20.3. The minimum atomic E-state index is -0.620. The van der Waals surface area contributed by atoms with Crippen molar-refractivity contribution in [3.63, 3.8) is 0 Å². The molecule has 1 saturated heterocycles. The lowest BCUT2D eigenvalue weighted by Gasteiger charge is -2.49. The van der Waals surface area contributed by atoms with E-state index >= 15 is 0 Å². The number of rotatable bonds is 7. The van der Waals surface area contributed by atoms with Gasteiger partial charge in [0.2, 0.25) is 5.91 Å². The number of carbonyl (C=O) groups is 1. The number of carbonyl (C=O) groups excluding carboxylic acids is 1. The van der Waals surface area contributed by atoms with Gasteiger partial charge in [0, 0.05) is 25.7 Å². The first kappa shape index (κ1) is 19.8. The highest BCUT2D eigenvalue weighted by Gasteiger charge is 2.49. The van der Waals surface area contributed by atoms with Crippen molar-refractivity contribution in [2.75, 3.05) is 13.1 Å². The molecular formula is C22H28FN5O. The Labute approximate surface area is 170 Å². The molecule has 0 radical (unpaired) electrons. The molecular weight excluding hydrogens is 369 g/mol. The van der Waals surface area contributed by atoms with Crippen molar-refractivity contribution in [1.82, 2.24) is 25.0 Å². The van der Waals surface area contributed by atoms with Gasteiger partial charge in [-0.2, -0.15) is 5.10 Å². The van der Waals surface area contributed by atoms with Crippen LogP contribution in [0.1, 0.15) is 37.6 Å². The molecule has 2 heterocycles. The SMILES string of the molecule is CCn1ncnc1CN1CC(Cc2ccccc2F)(C(=O)NC2C=CCCC2)C1. The molecule has 1 unspecified atom stereocenters. The van der Waals surface area contributed by atoms with E-state index in [4.69, 9.17) is 0 Å². The first-order chi connectivity index (χ1) is 14.1. The van der Waals surface area contributed by atoms with Gasteiger partial charge in [-0.1, -0.05) is 30.4 Å². The van der Waals surface area contributed by atoms with Crippen molar-refractivity contribution >= 4 is 5.91 Å². The van der Waals surface area contributed by atoms with Crippen LogP contribution in [0.3, 0.4) is 0 Å². The third kappa shape index (κ3) is 4.24. The zero-order valence-electron chi connectivity index (χ0n) is 16.9. The van der Waals surface area contributed by atoms with Crippen LogP contribution in [0.15, 0.2) is 42.7 Å². The Kier molecular flexibility index (Phi) is 5.76. The lowest BCUT2D eigenvalue weighted by atomic mass is 9.73. The number of nitrogens with zero attached hydrogens (tertiary/aromatic N) is 4. The normalized spacial score (nSPS) is 21.0. The van der Waals surface area contributed by atoms with Gasteiger partial charge in [-0.15, -0.1) is 0 Å². The third-order valence-corrected chi connectivity index (χ3v) is 5.95. The van der Waals surface area contributed by atoms with Crippen LogP contribution in [0.4, 0.5) is 4.39 Å². The number of nitrogens with one attached hydrogen (secondary N) is 1. The average molecular weight is 397 g/mol. The van der Waals surface area contributed by atoms with Gasteiger partial charge in [-0.3, -0.25) is 9.69 Å². The molecule has 0 bridgehead atoms. The first-order valence-electron chi connectivity index (χ1n) is 10.4. The summed E-state index contributed by atoms with van der Waals surface area (Å²) in [5.41, 5.74) is -0.0249. The van der Waals surface area contributed by atoms with Crippen LogP contribution in [0, 0.1) is 11.2 Å². The van der Waals surface area contributed by atoms with Gasteiger partial charge in [0.05, 0.1) is 12.0 Å². The summed E-state index contributed by atoms with van der Waals surface area (Å²) < 4.78 is 16.2. The molecule has 29 heavy (non-hydrogen) atoms. The molecule has 1 aromatic carbocycles. The lowest BCUT2D eigenvalue weighted by molar-refractivity contribution is -0.143. The smallest absolute Gasteiger partial charge is 0.229 e. The van der Waals surface area contributed by atoms with Crippen LogP contribution in [0.25, 0.3) is 0 Å². The molecule has 2 aromatic rings. The lowest BCUT2D eigenvalue weighted by Crippen LogP contribution is -2.64. The first-order valence-corrected chi connectivity index (χ1v) is 10.4. The predicted molar refractivity (Wildman–Crippen MR) is 108 cm³/mol. The molecule has 6 nitrogen and oxygen atoms in total. The third-order valence-electron chi connectivity index (χ3n) is 5.95. The minimum Gasteiger partial charge on any atom is -0.349 e. The number of likely N-dealkylation sites (tertiary alicyclic amines) is 1. The summed E-state index contributed by atoms with van der Waals surface area (Å²) in [6.45, 7) is 4.60. The van der Waals surface area contributed by atoms with Gasteiger partial charge in [-0.05, 0) is 44.2 Å². The van der Waals surface area contributed by atoms with E-state index in [0.29, 0.717) is 31.6 Å². The highest BCUT2D eigenvalue weighted by molar-refractivity contribution is 5.85. The fourth-order valence-corrected chi connectivity index (χ4v) is 4.39. The summed E-state index contributed by atoms with van der Waals surface area (Å²) in [6.07, 6.45) is 9.29. The van der Waals surface area contributed by atoms with E-state index in [1.54, 1.807) is 18.5 Å². The minimum absolute atomic E-state index is 0.0190. The molecule has 4 rings (SSSR count). The Bertz CT molecular complexity index is 887. The number of aromatic nitrogens is 3. The van der Waals surface area contributed by atoms with Gasteiger partial charge in [0.1, 0.15) is 18.0 Å². The van der Waals surface area contributed by atoms with Gasteiger partial charge in [0.15, 0.2) is 0 Å². The van der Waals surface area contributed by atoms with E-state index in [9.17, 15) is 9.18 Å². The molecule has 1 N–H and O–H groups in total. The van der Waals surface area contributed by atoms with Gasteiger partial charge in [-0.25, -0.2) is 14.1 Å². The number of amides is 1. The Hall–Kier alpha value is -2.54. The van der Waals surface area contributed by atoms with E-state index in [2.05, 4.69) is 32.5 Å². The summed E-state index contributed by atoms with van der Waals surface area (Å²) in [7, 11) is 0. The monoisotopic (exact) mass is 397 g/mol. The van der Waals surface area contributed by atoms with Crippen molar-refractivity contribution in [3.8, 4) is 0 Å². The van der Waals surface area contributed by atoms with Crippen LogP contribution in [-0.4, -0.2) is 44.7 Å². The second-order valence-corrected chi connectivity index (χ2v) is 8.12. The fourth-order valence-electron chi connectivity index (χ4n) is 4.39. The molecule has 1 amide bonds. The van der Waals surface area contributed by atoms with Crippen LogP contribution in [0.5, 0.6) is 0 Å². The maximum absolute atomic E-state index is 14.3. The van der Waals surface area contributed by atoms with Crippen LogP contribution in [-0.2, 0) is 24.3 Å². The van der Waals surface area contributed by atoms with E-state index in [-0.39, 0.29) is 17.8 Å². The molecule has 1 aromatic heterocycles. The maximum Gasteiger partial charge on any atom is 0.229 e. The largest absolute Gasteiger partial charge is 0.349 e. The summed E-state index contributed by atoms with van der Waals surface area (Å²) >= 11 is 0. The molecule has 1 aliphatic carbocycles. The Morgan fingerprint density at radius 3 is 2.90 bits per heavy atom. The van der Waals surface area contributed by atoms with Crippen molar-refractivity contribution in [1.29, 1.82) is 0 Å². The number of hydrogen-bond acceptors (Lipinski definition) is 4. The molecule has 2 aliphatic rings.